The molecule has 0 saturated heterocycles. The van der Waals surface area contributed by atoms with Crippen molar-refractivity contribution in [3.8, 4) is 11.5 Å². The Balaban J connectivity index is 1.42. The van der Waals surface area contributed by atoms with Crippen LogP contribution in [0.2, 0.25) is 0 Å². The second-order valence-electron chi connectivity index (χ2n) is 9.76. The molecule has 212 valence electrons. The van der Waals surface area contributed by atoms with Crippen molar-refractivity contribution in [1.82, 2.24) is 9.66 Å². The van der Waals surface area contributed by atoms with Gasteiger partial charge in [0.25, 0.3) is 11.5 Å². The SMILES string of the molecule is CCOc1cc(C=Nn2c(C3CCCCC3)nc3ccccc3c2=O)cc(I)c1OCC(=O)Nc1ccccc1F. The Morgan fingerprint density at radius 3 is 2.66 bits per heavy atom. The van der Waals surface area contributed by atoms with Gasteiger partial charge < -0.3 is 14.8 Å². The van der Waals surface area contributed by atoms with Gasteiger partial charge in [0.1, 0.15) is 11.6 Å². The van der Waals surface area contributed by atoms with Gasteiger partial charge in [-0.2, -0.15) is 9.78 Å². The molecule has 0 aliphatic heterocycles. The maximum atomic E-state index is 13.9. The maximum Gasteiger partial charge on any atom is 0.282 e. The van der Waals surface area contributed by atoms with Crippen molar-refractivity contribution in [1.29, 1.82) is 0 Å². The molecule has 1 saturated carbocycles. The van der Waals surface area contributed by atoms with Gasteiger partial charge in [0.2, 0.25) is 0 Å². The minimum Gasteiger partial charge on any atom is -0.490 e. The van der Waals surface area contributed by atoms with Gasteiger partial charge in [-0.15, -0.1) is 0 Å². The molecule has 41 heavy (non-hydrogen) atoms. The normalized spacial score (nSPS) is 13.9. The van der Waals surface area contributed by atoms with Gasteiger partial charge in [-0.1, -0.05) is 43.5 Å². The molecule has 0 bridgehead atoms. The van der Waals surface area contributed by atoms with Gasteiger partial charge in [-0.3, -0.25) is 9.59 Å². The van der Waals surface area contributed by atoms with Crippen LogP contribution in [-0.2, 0) is 4.79 Å². The average Bonchev–Trinajstić information content (AvgIpc) is 2.98. The number of para-hydroxylation sites is 2. The summed E-state index contributed by atoms with van der Waals surface area (Å²) >= 11 is 2.10. The van der Waals surface area contributed by atoms with E-state index in [0.717, 1.165) is 25.7 Å². The van der Waals surface area contributed by atoms with Crippen LogP contribution in [0, 0.1) is 9.39 Å². The number of fused-ring (bicyclic) bond motifs is 1. The molecule has 0 unspecified atom stereocenters. The Morgan fingerprint density at radius 2 is 1.88 bits per heavy atom. The topological polar surface area (TPSA) is 94.8 Å². The summed E-state index contributed by atoms with van der Waals surface area (Å²) in [6.45, 7) is 1.88. The highest BCUT2D eigenvalue weighted by Crippen LogP contribution is 2.34. The number of benzene rings is 3. The van der Waals surface area contributed by atoms with E-state index < -0.39 is 11.7 Å². The Bertz CT molecular complexity index is 1650. The molecule has 1 heterocycles. The summed E-state index contributed by atoms with van der Waals surface area (Å²) in [7, 11) is 0. The largest absolute Gasteiger partial charge is 0.490 e. The minimum atomic E-state index is -0.526. The number of carbonyl (C=O) groups is 1. The summed E-state index contributed by atoms with van der Waals surface area (Å²) in [6.07, 6.45) is 6.96. The zero-order chi connectivity index (χ0) is 28.8. The lowest BCUT2D eigenvalue weighted by molar-refractivity contribution is -0.118. The zero-order valence-corrected chi connectivity index (χ0v) is 24.8. The average molecular weight is 669 g/mol. The Kier molecular flexibility index (Phi) is 9.28. The van der Waals surface area contributed by atoms with Crippen molar-refractivity contribution in [3.05, 3.63) is 91.8 Å². The molecule has 1 fully saturated rings. The van der Waals surface area contributed by atoms with E-state index in [0.29, 0.717) is 44.0 Å². The third kappa shape index (κ3) is 6.75. The predicted octanol–water partition coefficient (Wildman–Crippen LogP) is 6.49. The summed E-state index contributed by atoms with van der Waals surface area (Å²) in [6, 6.07) is 16.9. The van der Waals surface area contributed by atoms with Crippen molar-refractivity contribution in [2.24, 2.45) is 5.10 Å². The summed E-state index contributed by atoms with van der Waals surface area (Å²) in [5, 5.41) is 7.65. The Morgan fingerprint density at radius 1 is 1.12 bits per heavy atom. The third-order valence-electron chi connectivity index (χ3n) is 6.90. The van der Waals surface area contributed by atoms with Crippen LogP contribution in [0.15, 0.2) is 70.6 Å². The van der Waals surface area contributed by atoms with E-state index in [4.69, 9.17) is 14.5 Å². The van der Waals surface area contributed by atoms with E-state index in [1.807, 2.05) is 31.2 Å². The maximum absolute atomic E-state index is 13.9. The first-order valence-corrected chi connectivity index (χ1v) is 14.7. The summed E-state index contributed by atoms with van der Waals surface area (Å²) in [4.78, 5) is 30.8. The van der Waals surface area contributed by atoms with Gasteiger partial charge in [0.15, 0.2) is 18.1 Å². The van der Waals surface area contributed by atoms with Crippen molar-refractivity contribution < 1.29 is 18.7 Å². The fourth-order valence-electron chi connectivity index (χ4n) is 4.95. The lowest BCUT2D eigenvalue weighted by Gasteiger charge is -2.22. The van der Waals surface area contributed by atoms with E-state index in [2.05, 4.69) is 33.0 Å². The van der Waals surface area contributed by atoms with Gasteiger partial charge in [0.05, 0.1) is 33.0 Å². The standard InChI is InChI=1S/C31H30FIN4O4/c1-2-40-27-17-20(16-24(33)29(27)41-19-28(38)35-26-15-9-7-13-23(26)32)18-34-37-30(21-10-4-3-5-11-21)36-25-14-8-6-12-22(25)31(37)39/h6-9,12-18,21H,2-5,10-11,19H2,1H3,(H,35,38). The van der Waals surface area contributed by atoms with Crippen LogP contribution in [0.4, 0.5) is 10.1 Å². The number of aromatic nitrogens is 2. The highest BCUT2D eigenvalue weighted by molar-refractivity contribution is 14.1. The van der Waals surface area contributed by atoms with E-state index >= 15 is 0 Å². The quantitative estimate of drug-likeness (QED) is 0.163. The monoisotopic (exact) mass is 668 g/mol. The van der Waals surface area contributed by atoms with Crippen molar-refractivity contribution >= 4 is 51.3 Å². The Hall–Kier alpha value is -3.80. The number of nitrogens with zero attached hydrogens (tertiary/aromatic N) is 3. The summed E-state index contributed by atoms with van der Waals surface area (Å²) < 4.78 is 27.6. The molecule has 1 aliphatic rings. The molecule has 0 radical (unpaired) electrons. The molecule has 1 aromatic heterocycles. The molecule has 0 spiro atoms. The number of anilines is 1. The Labute approximate surface area is 250 Å². The van der Waals surface area contributed by atoms with Gasteiger partial charge in [-0.25, -0.2) is 9.37 Å². The summed E-state index contributed by atoms with van der Waals surface area (Å²) in [5.74, 6) is 0.643. The molecule has 5 rings (SSSR count). The molecule has 8 nitrogen and oxygen atoms in total. The fourth-order valence-corrected chi connectivity index (χ4v) is 5.74. The van der Waals surface area contributed by atoms with Crippen LogP contribution >= 0.6 is 22.6 Å². The molecule has 3 aromatic carbocycles. The van der Waals surface area contributed by atoms with Crippen LogP contribution < -0.4 is 20.3 Å². The molecule has 1 amide bonds. The van der Waals surface area contributed by atoms with Crippen LogP contribution in [0.5, 0.6) is 11.5 Å². The molecule has 1 N–H and O–H groups in total. The van der Waals surface area contributed by atoms with Crippen LogP contribution in [-0.4, -0.2) is 35.0 Å². The van der Waals surface area contributed by atoms with Crippen LogP contribution in [0.1, 0.15) is 56.3 Å². The van der Waals surface area contributed by atoms with E-state index in [9.17, 15) is 14.0 Å². The lowest BCUT2D eigenvalue weighted by Crippen LogP contribution is -2.25. The predicted molar refractivity (Wildman–Crippen MR) is 166 cm³/mol. The number of hydrogen-bond donors (Lipinski definition) is 1. The minimum absolute atomic E-state index is 0.0819. The number of nitrogens with one attached hydrogen (secondary N) is 1. The van der Waals surface area contributed by atoms with E-state index in [1.165, 1.54) is 23.2 Å². The number of carbonyl (C=O) groups excluding carboxylic acids is 1. The van der Waals surface area contributed by atoms with Gasteiger partial charge >= 0.3 is 0 Å². The first-order chi connectivity index (χ1) is 19.9. The highest BCUT2D eigenvalue weighted by atomic mass is 127. The highest BCUT2D eigenvalue weighted by Gasteiger charge is 2.22. The van der Waals surface area contributed by atoms with Crippen molar-refractivity contribution in [2.75, 3.05) is 18.5 Å². The van der Waals surface area contributed by atoms with Crippen LogP contribution in [0.25, 0.3) is 10.9 Å². The second-order valence-corrected chi connectivity index (χ2v) is 10.9. The van der Waals surface area contributed by atoms with Gasteiger partial charge in [0, 0.05) is 5.92 Å². The second kappa shape index (κ2) is 13.2. The number of amides is 1. The summed E-state index contributed by atoms with van der Waals surface area (Å²) in [5.41, 5.74) is 1.25. The number of ether oxygens (including phenoxy) is 2. The molecular formula is C31H30FIN4O4. The number of hydrogen-bond acceptors (Lipinski definition) is 6. The first-order valence-electron chi connectivity index (χ1n) is 13.6. The molecule has 4 aromatic rings. The van der Waals surface area contributed by atoms with Gasteiger partial charge in [-0.05, 0) is 84.3 Å². The van der Waals surface area contributed by atoms with E-state index in [-0.39, 0.29) is 23.8 Å². The molecular weight excluding hydrogens is 638 g/mol. The molecule has 0 atom stereocenters. The lowest BCUT2D eigenvalue weighted by atomic mass is 9.88. The molecule has 1 aliphatic carbocycles. The number of halogens is 2. The van der Waals surface area contributed by atoms with Crippen molar-refractivity contribution in [3.63, 3.8) is 0 Å². The molecule has 10 heteroatoms. The van der Waals surface area contributed by atoms with Crippen LogP contribution in [0.3, 0.4) is 0 Å². The first kappa shape index (κ1) is 28.7. The smallest absolute Gasteiger partial charge is 0.282 e. The van der Waals surface area contributed by atoms with Crippen molar-refractivity contribution in [2.45, 2.75) is 44.9 Å². The zero-order valence-electron chi connectivity index (χ0n) is 22.6. The fraction of sp³-hybridized carbons (Fsp3) is 0.290. The van der Waals surface area contributed by atoms with E-state index in [1.54, 1.807) is 30.5 Å². The number of rotatable bonds is 9. The third-order valence-corrected chi connectivity index (χ3v) is 7.70.